The van der Waals surface area contributed by atoms with E-state index in [1.807, 2.05) is 12.1 Å². The third-order valence-electron chi connectivity index (χ3n) is 3.84. The van der Waals surface area contributed by atoms with Gasteiger partial charge in [0.15, 0.2) is 0 Å². The Morgan fingerprint density at radius 3 is 2.56 bits per heavy atom. The van der Waals surface area contributed by atoms with Crippen LogP contribution in [0.25, 0.3) is 6.08 Å². The Kier molecular flexibility index (Phi) is 4.86. The number of rotatable bonds is 4. The molecule has 1 aliphatic rings. The maximum absolute atomic E-state index is 6.44. The first kappa shape index (κ1) is 16.7. The predicted octanol–water partition coefficient (Wildman–Crippen LogP) is 6.78. The third-order valence-corrected chi connectivity index (χ3v) is 6.16. The topological polar surface area (TPSA) is 15.3 Å². The zero-order valence-corrected chi connectivity index (χ0v) is 16.2. The normalized spacial score (nSPS) is 17.1. The molecule has 0 unspecified atom stereocenters. The molecule has 3 heterocycles. The molecule has 126 valence electrons. The van der Waals surface area contributed by atoms with Gasteiger partial charge < -0.3 is 0 Å². The minimum absolute atomic E-state index is 0.0849. The monoisotopic (exact) mass is 404 g/mol. The van der Waals surface area contributed by atoms with Crippen LogP contribution < -0.4 is 10.4 Å². The molecule has 6 heteroatoms. The van der Waals surface area contributed by atoms with Gasteiger partial charge in [-0.2, -0.15) is 0 Å². The molecule has 0 saturated heterocycles. The van der Waals surface area contributed by atoms with Crippen molar-refractivity contribution in [2.75, 3.05) is 5.01 Å². The van der Waals surface area contributed by atoms with Crippen LogP contribution in [0.2, 0.25) is 10.0 Å². The van der Waals surface area contributed by atoms with Crippen molar-refractivity contribution in [2.24, 2.45) is 0 Å². The highest BCUT2D eigenvalue weighted by molar-refractivity contribution is 7.10. The summed E-state index contributed by atoms with van der Waals surface area (Å²) in [5, 5.41) is 7.50. The second-order valence-electron chi connectivity index (χ2n) is 5.51. The molecule has 25 heavy (non-hydrogen) atoms. The second kappa shape index (κ2) is 7.26. The maximum Gasteiger partial charge on any atom is 0.105 e. The molecule has 0 radical (unpaired) electrons. The van der Waals surface area contributed by atoms with Gasteiger partial charge in [0.25, 0.3) is 0 Å². The molecule has 0 aliphatic carbocycles. The molecule has 4 rings (SSSR count). The van der Waals surface area contributed by atoms with Crippen molar-refractivity contribution in [3.63, 3.8) is 0 Å². The number of hydrogen-bond donors (Lipinski definition) is 1. The molecule has 1 aliphatic heterocycles. The number of hydrogen-bond acceptors (Lipinski definition) is 4. The standard InChI is InChI=1S/C19H14Cl2N2S2/c20-13-5-8-17(16(21)11-13)23-18(19-4-2-10-25-19)12-14(22-23)6-7-15-3-1-9-24-15/h1-12,18,22H/b7-6+/t18-/m1/s1. The molecule has 1 N–H and O–H groups in total. The quantitative estimate of drug-likeness (QED) is 0.515. The molecule has 0 spiro atoms. The van der Waals surface area contributed by atoms with Gasteiger partial charge in [0.05, 0.1) is 16.4 Å². The number of thiophene rings is 2. The number of halogens is 2. The second-order valence-corrected chi connectivity index (χ2v) is 8.31. The number of anilines is 1. The molecule has 1 aromatic carbocycles. The van der Waals surface area contributed by atoms with Crippen molar-refractivity contribution in [2.45, 2.75) is 6.04 Å². The van der Waals surface area contributed by atoms with Crippen molar-refractivity contribution >= 4 is 57.6 Å². The molecule has 0 fully saturated rings. The van der Waals surface area contributed by atoms with Crippen molar-refractivity contribution in [3.05, 3.63) is 90.9 Å². The minimum Gasteiger partial charge on any atom is -0.298 e. The third kappa shape index (κ3) is 3.62. The zero-order chi connectivity index (χ0) is 17.2. The lowest BCUT2D eigenvalue weighted by molar-refractivity contribution is 0.718. The van der Waals surface area contributed by atoms with Crippen LogP contribution in [0.15, 0.2) is 71.1 Å². The summed E-state index contributed by atoms with van der Waals surface area (Å²) in [6.45, 7) is 0. The van der Waals surface area contributed by atoms with E-state index in [4.69, 9.17) is 23.2 Å². The smallest absolute Gasteiger partial charge is 0.105 e. The molecule has 0 bridgehead atoms. The number of nitrogens with one attached hydrogen (secondary N) is 1. The van der Waals surface area contributed by atoms with Crippen LogP contribution in [0.1, 0.15) is 15.8 Å². The van der Waals surface area contributed by atoms with E-state index in [1.54, 1.807) is 28.7 Å². The molecule has 2 nitrogen and oxygen atoms in total. The summed E-state index contributed by atoms with van der Waals surface area (Å²) in [7, 11) is 0. The zero-order valence-electron chi connectivity index (χ0n) is 13.0. The Labute approximate surface area is 164 Å². The molecule has 1 atom stereocenters. The van der Waals surface area contributed by atoms with Gasteiger partial charge in [-0.05, 0) is 59.3 Å². The molecule has 0 amide bonds. The van der Waals surface area contributed by atoms with Crippen molar-refractivity contribution in [1.29, 1.82) is 0 Å². The summed E-state index contributed by atoms with van der Waals surface area (Å²) in [6.07, 6.45) is 6.42. The van der Waals surface area contributed by atoms with Gasteiger partial charge in [-0.15, -0.1) is 22.7 Å². The van der Waals surface area contributed by atoms with E-state index in [0.717, 1.165) is 11.4 Å². The summed E-state index contributed by atoms with van der Waals surface area (Å²) >= 11 is 15.9. The molecule has 0 saturated carbocycles. The van der Waals surface area contributed by atoms with Crippen molar-refractivity contribution in [1.82, 2.24) is 5.43 Å². The van der Waals surface area contributed by atoms with Crippen molar-refractivity contribution in [3.8, 4) is 0 Å². The highest BCUT2D eigenvalue weighted by Crippen LogP contribution is 2.38. The Morgan fingerprint density at radius 1 is 1.00 bits per heavy atom. The molecular weight excluding hydrogens is 391 g/mol. The van der Waals surface area contributed by atoms with Gasteiger partial charge in [0, 0.05) is 14.8 Å². The average molecular weight is 405 g/mol. The van der Waals surface area contributed by atoms with Crippen molar-refractivity contribution < 1.29 is 0 Å². The SMILES string of the molecule is Clc1ccc(N2NC(/C=C/c3cccs3)=C[C@@H]2c2cccs2)c(Cl)c1. The summed E-state index contributed by atoms with van der Waals surface area (Å²) in [5.41, 5.74) is 5.40. The van der Waals surface area contributed by atoms with Gasteiger partial charge in [-0.3, -0.25) is 10.4 Å². The first-order valence-corrected chi connectivity index (χ1v) is 10.2. The molecule has 2 aromatic heterocycles. The summed E-state index contributed by atoms with van der Waals surface area (Å²) in [4.78, 5) is 2.47. The first-order chi connectivity index (χ1) is 12.2. The van der Waals surface area contributed by atoms with Crippen LogP contribution >= 0.6 is 45.9 Å². The van der Waals surface area contributed by atoms with E-state index in [-0.39, 0.29) is 6.04 Å². The highest BCUT2D eigenvalue weighted by Gasteiger charge is 2.27. The Morgan fingerprint density at radius 2 is 1.84 bits per heavy atom. The Bertz CT molecular complexity index is 915. The van der Waals surface area contributed by atoms with Gasteiger partial charge in [-0.25, -0.2) is 0 Å². The van der Waals surface area contributed by atoms with Crippen LogP contribution in [-0.4, -0.2) is 0 Å². The summed E-state index contributed by atoms with van der Waals surface area (Å²) in [6, 6.07) is 14.0. The number of allylic oxidation sites excluding steroid dienone is 1. The maximum atomic E-state index is 6.44. The van der Waals surface area contributed by atoms with E-state index in [2.05, 4.69) is 63.7 Å². The fourth-order valence-corrected chi connectivity index (χ4v) is 4.60. The summed E-state index contributed by atoms with van der Waals surface area (Å²) in [5.74, 6) is 0. The lowest BCUT2D eigenvalue weighted by Gasteiger charge is -2.27. The van der Waals surface area contributed by atoms with Crippen LogP contribution in [-0.2, 0) is 0 Å². The van der Waals surface area contributed by atoms with E-state index >= 15 is 0 Å². The van der Waals surface area contributed by atoms with Gasteiger partial charge in [0.1, 0.15) is 6.04 Å². The van der Waals surface area contributed by atoms with Gasteiger partial charge in [0.2, 0.25) is 0 Å². The highest BCUT2D eigenvalue weighted by atomic mass is 35.5. The Hall–Kier alpha value is -1.72. The average Bonchev–Trinajstić information content (AvgIpc) is 3.34. The Balaban J connectivity index is 1.67. The van der Waals surface area contributed by atoms with Gasteiger partial charge >= 0.3 is 0 Å². The van der Waals surface area contributed by atoms with E-state index in [1.165, 1.54) is 9.75 Å². The number of nitrogens with zero attached hydrogens (tertiary/aromatic N) is 1. The fourth-order valence-electron chi connectivity index (χ4n) is 2.70. The van der Waals surface area contributed by atoms with E-state index < -0.39 is 0 Å². The van der Waals surface area contributed by atoms with E-state index in [0.29, 0.717) is 10.0 Å². The van der Waals surface area contributed by atoms with Crippen LogP contribution in [0.3, 0.4) is 0 Å². The van der Waals surface area contributed by atoms with Gasteiger partial charge in [-0.1, -0.05) is 35.3 Å². The number of hydrazine groups is 1. The van der Waals surface area contributed by atoms with Crippen LogP contribution in [0.4, 0.5) is 5.69 Å². The van der Waals surface area contributed by atoms with Crippen LogP contribution in [0, 0.1) is 0 Å². The molecule has 3 aromatic rings. The lowest BCUT2D eigenvalue weighted by atomic mass is 10.2. The predicted molar refractivity (Wildman–Crippen MR) is 111 cm³/mol. The van der Waals surface area contributed by atoms with E-state index in [9.17, 15) is 0 Å². The summed E-state index contributed by atoms with van der Waals surface area (Å²) < 4.78 is 0. The fraction of sp³-hybridized carbons (Fsp3) is 0.0526. The molecular formula is C19H14Cl2N2S2. The largest absolute Gasteiger partial charge is 0.298 e. The lowest BCUT2D eigenvalue weighted by Crippen LogP contribution is -2.33. The minimum atomic E-state index is 0.0849. The number of benzene rings is 1. The first-order valence-electron chi connectivity index (χ1n) is 7.68. The van der Waals surface area contributed by atoms with Crippen LogP contribution in [0.5, 0.6) is 0 Å².